The molecule has 2 aromatic rings. The van der Waals surface area contributed by atoms with E-state index in [-0.39, 0.29) is 5.82 Å². The fourth-order valence-corrected chi connectivity index (χ4v) is 1.81. The Morgan fingerprint density at radius 1 is 1.10 bits per heavy atom. The summed E-state index contributed by atoms with van der Waals surface area (Å²) < 4.78 is 18.8. The van der Waals surface area contributed by atoms with Gasteiger partial charge in [0.25, 0.3) is 0 Å². The topological polar surface area (TPSA) is 21.3 Å². The Morgan fingerprint density at radius 2 is 1.90 bits per heavy atom. The summed E-state index contributed by atoms with van der Waals surface area (Å²) in [5.41, 5.74) is 1.88. The van der Waals surface area contributed by atoms with E-state index in [9.17, 15) is 4.39 Å². The molecule has 2 nitrogen and oxygen atoms in total. The fraction of sp³-hybridized carbons (Fsp3) is 0.294. The van der Waals surface area contributed by atoms with Crippen LogP contribution >= 0.6 is 0 Å². The highest BCUT2D eigenvalue weighted by Crippen LogP contribution is 2.18. The zero-order valence-electron chi connectivity index (χ0n) is 11.9. The molecule has 0 aliphatic rings. The van der Waals surface area contributed by atoms with Gasteiger partial charge in [0, 0.05) is 18.3 Å². The predicted molar refractivity (Wildman–Crippen MR) is 80.5 cm³/mol. The highest BCUT2D eigenvalue weighted by atomic mass is 19.1. The van der Waals surface area contributed by atoms with E-state index in [4.69, 9.17) is 4.74 Å². The number of benzene rings is 2. The van der Waals surface area contributed by atoms with Crippen LogP contribution in [0.5, 0.6) is 5.75 Å². The van der Waals surface area contributed by atoms with Gasteiger partial charge in [0.05, 0.1) is 6.61 Å². The first-order valence-electron chi connectivity index (χ1n) is 6.84. The Hall–Kier alpha value is -2.03. The average Bonchev–Trinajstić information content (AvgIpc) is 2.43. The molecule has 0 radical (unpaired) electrons. The predicted octanol–water partition coefficient (Wildman–Crippen LogP) is 4.47. The lowest BCUT2D eigenvalue weighted by Crippen LogP contribution is -2.05. The van der Waals surface area contributed by atoms with Crippen LogP contribution < -0.4 is 10.1 Å². The molecule has 0 saturated carbocycles. The van der Waals surface area contributed by atoms with Crippen molar-refractivity contribution in [3.05, 3.63) is 59.9 Å². The third-order valence-corrected chi connectivity index (χ3v) is 2.80. The molecule has 0 fully saturated rings. The van der Waals surface area contributed by atoms with E-state index in [2.05, 4.69) is 19.2 Å². The molecule has 0 aliphatic carbocycles. The van der Waals surface area contributed by atoms with Crippen molar-refractivity contribution in [3.63, 3.8) is 0 Å². The van der Waals surface area contributed by atoms with Gasteiger partial charge in [-0.15, -0.1) is 0 Å². The van der Waals surface area contributed by atoms with E-state index in [1.165, 1.54) is 12.1 Å². The third kappa shape index (κ3) is 4.57. The van der Waals surface area contributed by atoms with E-state index in [1.807, 2.05) is 30.3 Å². The summed E-state index contributed by atoms with van der Waals surface area (Å²) in [6, 6.07) is 14.4. The van der Waals surface area contributed by atoms with Gasteiger partial charge in [0.1, 0.15) is 11.6 Å². The van der Waals surface area contributed by atoms with Crippen LogP contribution in [0.25, 0.3) is 0 Å². The van der Waals surface area contributed by atoms with Crippen LogP contribution in [0.4, 0.5) is 10.1 Å². The normalized spacial score (nSPS) is 10.6. The van der Waals surface area contributed by atoms with Crippen LogP contribution in [0.15, 0.2) is 48.5 Å². The maximum Gasteiger partial charge on any atom is 0.123 e. The lowest BCUT2D eigenvalue weighted by Gasteiger charge is -2.11. The van der Waals surface area contributed by atoms with Gasteiger partial charge in [0.2, 0.25) is 0 Å². The Bertz CT molecular complexity index is 554. The van der Waals surface area contributed by atoms with Crippen LogP contribution in [0.3, 0.4) is 0 Å². The molecule has 1 N–H and O–H groups in total. The van der Waals surface area contributed by atoms with Crippen molar-refractivity contribution in [2.24, 2.45) is 5.92 Å². The number of hydrogen-bond donors (Lipinski definition) is 1. The molecule has 0 bridgehead atoms. The number of hydrogen-bond acceptors (Lipinski definition) is 2. The number of ether oxygens (including phenoxy) is 1. The van der Waals surface area contributed by atoms with Crippen molar-refractivity contribution in [2.75, 3.05) is 11.9 Å². The van der Waals surface area contributed by atoms with E-state index in [1.54, 1.807) is 6.07 Å². The lowest BCUT2D eigenvalue weighted by molar-refractivity contribution is 0.271. The Labute approximate surface area is 119 Å². The van der Waals surface area contributed by atoms with E-state index in [0.29, 0.717) is 19.1 Å². The molecule has 0 unspecified atom stereocenters. The molecule has 0 saturated heterocycles. The minimum absolute atomic E-state index is 0.210. The van der Waals surface area contributed by atoms with Crippen molar-refractivity contribution < 1.29 is 9.13 Å². The largest absolute Gasteiger partial charge is 0.493 e. The van der Waals surface area contributed by atoms with Gasteiger partial charge in [-0.2, -0.15) is 0 Å². The first-order chi connectivity index (χ1) is 9.63. The van der Waals surface area contributed by atoms with Gasteiger partial charge < -0.3 is 10.1 Å². The maximum atomic E-state index is 13.1. The van der Waals surface area contributed by atoms with Crippen LogP contribution in [-0.4, -0.2) is 6.61 Å². The van der Waals surface area contributed by atoms with E-state index >= 15 is 0 Å². The Kier molecular flexibility index (Phi) is 4.99. The van der Waals surface area contributed by atoms with Crippen LogP contribution in [-0.2, 0) is 6.54 Å². The van der Waals surface area contributed by atoms with E-state index in [0.717, 1.165) is 17.0 Å². The van der Waals surface area contributed by atoms with Gasteiger partial charge in [-0.3, -0.25) is 0 Å². The molecule has 2 rings (SSSR count). The van der Waals surface area contributed by atoms with Gasteiger partial charge in [0.15, 0.2) is 0 Å². The third-order valence-electron chi connectivity index (χ3n) is 2.80. The average molecular weight is 273 g/mol. The second kappa shape index (κ2) is 6.94. The number of nitrogens with one attached hydrogen (secondary N) is 1. The zero-order chi connectivity index (χ0) is 14.4. The van der Waals surface area contributed by atoms with Crippen molar-refractivity contribution in [1.82, 2.24) is 0 Å². The van der Waals surface area contributed by atoms with Crippen molar-refractivity contribution in [3.8, 4) is 5.75 Å². The molecule has 0 amide bonds. The Morgan fingerprint density at radius 3 is 2.65 bits per heavy atom. The zero-order valence-corrected chi connectivity index (χ0v) is 11.9. The summed E-state index contributed by atoms with van der Waals surface area (Å²) in [6.07, 6.45) is 0. The quantitative estimate of drug-likeness (QED) is 0.838. The minimum Gasteiger partial charge on any atom is -0.493 e. The molecule has 3 heteroatoms. The van der Waals surface area contributed by atoms with Crippen LogP contribution in [0, 0.1) is 11.7 Å². The molecule has 0 spiro atoms. The molecule has 20 heavy (non-hydrogen) atoms. The standard InChI is InChI=1S/C17H20FNO/c1-13(2)12-20-17-8-4-7-16(10-17)19-11-14-5-3-6-15(18)9-14/h3-10,13,19H,11-12H2,1-2H3. The lowest BCUT2D eigenvalue weighted by atomic mass is 10.2. The van der Waals surface area contributed by atoms with Crippen LogP contribution in [0.1, 0.15) is 19.4 Å². The van der Waals surface area contributed by atoms with Crippen molar-refractivity contribution in [1.29, 1.82) is 0 Å². The first-order valence-corrected chi connectivity index (χ1v) is 6.84. The summed E-state index contributed by atoms with van der Waals surface area (Å²) in [4.78, 5) is 0. The SMILES string of the molecule is CC(C)COc1cccc(NCc2cccc(F)c2)c1. The van der Waals surface area contributed by atoms with Gasteiger partial charge in [-0.25, -0.2) is 4.39 Å². The molecule has 0 atom stereocenters. The summed E-state index contributed by atoms with van der Waals surface area (Å²) in [5.74, 6) is 1.14. The van der Waals surface area contributed by atoms with Gasteiger partial charge in [-0.1, -0.05) is 32.0 Å². The first kappa shape index (κ1) is 14.4. The summed E-state index contributed by atoms with van der Waals surface area (Å²) in [5, 5.41) is 3.27. The van der Waals surface area contributed by atoms with Gasteiger partial charge >= 0.3 is 0 Å². The molecule has 0 aromatic heterocycles. The molecule has 0 heterocycles. The van der Waals surface area contributed by atoms with Gasteiger partial charge in [-0.05, 0) is 35.7 Å². The second-order valence-corrected chi connectivity index (χ2v) is 5.22. The number of rotatable bonds is 6. The maximum absolute atomic E-state index is 13.1. The van der Waals surface area contributed by atoms with E-state index < -0.39 is 0 Å². The molecule has 106 valence electrons. The molecular weight excluding hydrogens is 253 g/mol. The summed E-state index contributed by atoms with van der Waals surface area (Å²) >= 11 is 0. The van der Waals surface area contributed by atoms with Crippen LogP contribution in [0.2, 0.25) is 0 Å². The van der Waals surface area contributed by atoms with Crippen molar-refractivity contribution in [2.45, 2.75) is 20.4 Å². The van der Waals surface area contributed by atoms with Crippen molar-refractivity contribution >= 4 is 5.69 Å². The second-order valence-electron chi connectivity index (χ2n) is 5.22. The molecule has 2 aromatic carbocycles. The minimum atomic E-state index is -0.210. The summed E-state index contributed by atoms with van der Waals surface area (Å²) in [7, 11) is 0. The highest BCUT2D eigenvalue weighted by Gasteiger charge is 2.00. The smallest absolute Gasteiger partial charge is 0.123 e. The number of anilines is 1. The molecule has 0 aliphatic heterocycles. The molecular formula is C17H20FNO. The Balaban J connectivity index is 1.94. The number of halogens is 1. The summed E-state index contributed by atoms with van der Waals surface area (Å²) in [6.45, 7) is 5.52. The fourth-order valence-electron chi connectivity index (χ4n) is 1.81. The monoisotopic (exact) mass is 273 g/mol. The highest BCUT2D eigenvalue weighted by molar-refractivity contribution is 5.48.